The summed E-state index contributed by atoms with van der Waals surface area (Å²) in [6.07, 6.45) is 0.780. The number of nitro groups is 2. The van der Waals surface area contributed by atoms with Crippen LogP contribution in [0, 0.1) is 42.9 Å². The fraction of sp³-hybridized carbons (Fsp3) is 0.118. The first-order chi connectivity index (χ1) is 23.5. The second kappa shape index (κ2) is 15.8. The molecule has 0 unspecified atom stereocenters. The number of nitrogens with zero attached hydrogens (tertiary/aromatic N) is 5. The Bertz CT molecular complexity index is 2070. The van der Waals surface area contributed by atoms with E-state index in [1.807, 2.05) is 35.7 Å². The molecule has 0 spiro atoms. The van der Waals surface area contributed by atoms with Crippen molar-refractivity contribution < 1.29 is 29.0 Å². The summed E-state index contributed by atoms with van der Waals surface area (Å²) < 4.78 is 0. The molecule has 4 amide bonds. The summed E-state index contributed by atoms with van der Waals surface area (Å²) in [7, 11) is 0. The van der Waals surface area contributed by atoms with Crippen LogP contribution < -0.4 is 5.32 Å². The number of amides is 4. The van der Waals surface area contributed by atoms with Crippen molar-refractivity contribution in [1.82, 2.24) is 10.2 Å². The van der Waals surface area contributed by atoms with E-state index in [0.29, 0.717) is 12.0 Å². The van der Waals surface area contributed by atoms with E-state index >= 15 is 0 Å². The molecule has 1 N–H and O–H groups in total. The molecular formula is C34H23BrN6O8. The standard InChI is InChI=1S/C17H11N3O4.C9H8BrN.C8H4N2O4/c18-9-8-11-4-6-12(7-5-11)10-19-16(21)13-2-1-3-14(20(23)24)15(13)17(19)22;10-7-9-3-1-8(2-4-9)5-6-11;11-7-4-2-1-3-5(10(13)14)6(4)8(12)9-7/h1-7H,8,10H2;1-4H,5,7H2;1-3H,(H,9,11,12). The van der Waals surface area contributed by atoms with Gasteiger partial charge in [0.25, 0.3) is 35.0 Å². The van der Waals surface area contributed by atoms with Crippen LogP contribution in [0.3, 0.4) is 0 Å². The summed E-state index contributed by atoms with van der Waals surface area (Å²) in [4.78, 5) is 68.4. The Morgan fingerprint density at radius 3 is 1.59 bits per heavy atom. The lowest BCUT2D eigenvalue weighted by Crippen LogP contribution is -2.29. The van der Waals surface area contributed by atoms with Crippen molar-refractivity contribution >= 4 is 50.9 Å². The van der Waals surface area contributed by atoms with Gasteiger partial charge in [-0.25, -0.2) is 0 Å². The lowest BCUT2D eigenvalue weighted by molar-refractivity contribution is -0.385. The van der Waals surface area contributed by atoms with Crippen LogP contribution in [0.25, 0.3) is 0 Å². The van der Waals surface area contributed by atoms with Gasteiger partial charge in [-0.15, -0.1) is 0 Å². The van der Waals surface area contributed by atoms with Gasteiger partial charge in [-0.2, -0.15) is 10.5 Å². The summed E-state index contributed by atoms with van der Waals surface area (Å²) in [6, 6.07) is 27.1. The minimum atomic E-state index is -0.711. The van der Waals surface area contributed by atoms with E-state index in [4.69, 9.17) is 10.5 Å². The van der Waals surface area contributed by atoms with E-state index in [0.717, 1.165) is 21.4 Å². The van der Waals surface area contributed by atoms with Gasteiger partial charge in [0.2, 0.25) is 0 Å². The molecule has 49 heavy (non-hydrogen) atoms. The molecule has 2 heterocycles. The predicted octanol–water partition coefficient (Wildman–Crippen LogP) is 5.58. The van der Waals surface area contributed by atoms with Crippen LogP contribution >= 0.6 is 15.9 Å². The third-order valence-corrected chi connectivity index (χ3v) is 7.87. The lowest BCUT2D eigenvalue weighted by Gasteiger charge is -2.13. The Morgan fingerprint density at radius 1 is 0.633 bits per heavy atom. The molecule has 0 bridgehead atoms. The Balaban J connectivity index is 0.000000183. The summed E-state index contributed by atoms with van der Waals surface area (Å²) in [5.41, 5.74) is 2.95. The zero-order chi connectivity index (χ0) is 35.7. The molecule has 0 saturated carbocycles. The van der Waals surface area contributed by atoms with Crippen LogP contribution in [0.5, 0.6) is 0 Å². The highest BCUT2D eigenvalue weighted by Gasteiger charge is 2.40. The molecule has 0 saturated heterocycles. The molecule has 4 aromatic rings. The van der Waals surface area contributed by atoms with E-state index in [1.54, 1.807) is 24.3 Å². The number of carbonyl (C=O) groups is 4. The smallest absolute Gasteiger partial charge is 0.282 e. The van der Waals surface area contributed by atoms with E-state index in [2.05, 4.69) is 22.0 Å². The van der Waals surface area contributed by atoms with Crippen molar-refractivity contribution in [2.75, 3.05) is 0 Å². The fourth-order valence-electron chi connectivity index (χ4n) is 4.84. The average molecular weight is 723 g/mol. The number of fused-ring (bicyclic) bond motifs is 2. The zero-order valence-electron chi connectivity index (χ0n) is 25.3. The molecule has 244 valence electrons. The van der Waals surface area contributed by atoms with Crippen molar-refractivity contribution in [2.45, 2.75) is 24.7 Å². The normalized spacial score (nSPS) is 12.3. The largest absolute Gasteiger partial charge is 0.288 e. The van der Waals surface area contributed by atoms with Crippen molar-refractivity contribution in [2.24, 2.45) is 0 Å². The topological polar surface area (TPSA) is 217 Å². The monoisotopic (exact) mass is 722 g/mol. The van der Waals surface area contributed by atoms with E-state index in [-0.39, 0.29) is 46.6 Å². The quantitative estimate of drug-likeness (QED) is 0.108. The van der Waals surface area contributed by atoms with E-state index < -0.39 is 33.5 Å². The van der Waals surface area contributed by atoms with Crippen molar-refractivity contribution in [1.29, 1.82) is 10.5 Å². The summed E-state index contributed by atoms with van der Waals surface area (Å²) >= 11 is 3.36. The number of alkyl halides is 1. The molecule has 2 aliphatic heterocycles. The zero-order valence-corrected chi connectivity index (χ0v) is 26.9. The summed E-state index contributed by atoms with van der Waals surface area (Å²) in [6.45, 7) is 0.0241. The van der Waals surface area contributed by atoms with Crippen molar-refractivity contribution in [3.8, 4) is 12.1 Å². The first-order valence-corrected chi connectivity index (χ1v) is 15.3. The van der Waals surface area contributed by atoms with Gasteiger partial charge in [-0.05, 0) is 34.4 Å². The Labute approximate surface area is 286 Å². The lowest BCUT2D eigenvalue weighted by atomic mass is 10.1. The van der Waals surface area contributed by atoms with Gasteiger partial charge in [0.05, 0.1) is 52.5 Å². The molecule has 0 aliphatic carbocycles. The molecule has 14 nitrogen and oxygen atoms in total. The number of hydrogen-bond acceptors (Lipinski definition) is 10. The molecule has 15 heteroatoms. The van der Waals surface area contributed by atoms with Crippen LogP contribution in [0.1, 0.15) is 63.7 Å². The van der Waals surface area contributed by atoms with Gasteiger partial charge in [0.1, 0.15) is 11.1 Å². The number of rotatable bonds is 7. The van der Waals surface area contributed by atoms with Crippen LogP contribution in [0.4, 0.5) is 11.4 Å². The van der Waals surface area contributed by atoms with Crippen LogP contribution in [-0.2, 0) is 24.7 Å². The minimum Gasteiger partial charge on any atom is -0.288 e. The highest BCUT2D eigenvalue weighted by Crippen LogP contribution is 2.31. The number of carbonyl (C=O) groups excluding carboxylic acids is 4. The number of benzene rings is 4. The van der Waals surface area contributed by atoms with Crippen LogP contribution in [0.15, 0.2) is 84.9 Å². The number of halogens is 1. The highest BCUT2D eigenvalue weighted by molar-refractivity contribution is 9.08. The summed E-state index contributed by atoms with van der Waals surface area (Å²) in [5, 5.41) is 41.5. The molecule has 4 aromatic carbocycles. The van der Waals surface area contributed by atoms with Gasteiger partial charge >= 0.3 is 0 Å². The maximum absolute atomic E-state index is 12.5. The minimum absolute atomic E-state index is 0.0241. The van der Waals surface area contributed by atoms with Crippen molar-refractivity contribution in [3.63, 3.8) is 0 Å². The Hall–Kier alpha value is -6.58. The van der Waals surface area contributed by atoms with Gasteiger partial charge in [0.15, 0.2) is 0 Å². The number of imide groups is 2. The molecule has 2 aliphatic rings. The molecule has 0 aromatic heterocycles. The third kappa shape index (κ3) is 8.05. The molecule has 6 rings (SSSR count). The SMILES string of the molecule is N#CCc1ccc(CBr)cc1.N#CCc1ccc(CN2C(=O)c3cccc([N+](=O)[O-])c3C2=O)cc1.O=C1NC(=O)c2c1cccc2[N+](=O)[O-]. The maximum Gasteiger partial charge on any atom is 0.282 e. The van der Waals surface area contributed by atoms with Gasteiger partial charge < -0.3 is 0 Å². The number of nitro benzene ring substituents is 2. The highest BCUT2D eigenvalue weighted by atomic mass is 79.9. The van der Waals surface area contributed by atoms with Crippen molar-refractivity contribution in [3.05, 3.63) is 150 Å². The van der Waals surface area contributed by atoms with Crippen LogP contribution in [-0.4, -0.2) is 38.4 Å². The average Bonchev–Trinajstić information content (AvgIpc) is 3.53. The predicted molar refractivity (Wildman–Crippen MR) is 176 cm³/mol. The molecular weight excluding hydrogens is 700 g/mol. The second-order valence-electron chi connectivity index (χ2n) is 10.3. The van der Waals surface area contributed by atoms with E-state index in [1.165, 1.54) is 42.0 Å². The first kappa shape index (κ1) is 35.3. The van der Waals surface area contributed by atoms with Gasteiger partial charge in [-0.3, -0.25) is 49.6 Å². The molecule has 0 atom stereocenters. The fourth-order valence-corrected chi connectivity index (χ4v) is 5.21. The number of nitrogens with one attached hydrogen (secondary N) is 1. The molecule has 0 fully saturated rings. The molecule has 0 radical (unpaired) electrons. The second-order valence-corrected chi connectivity index (χ2v) is 10.9. The summed E-state index contributed by atoms with van der Waals surface area (Å²) in [5.74, 6) is -2.51. The maximum atomic E-state index is 12.5. The Kier molecular flexibility index (Phi) is 11.4. The van der Waals surface area contributed by atoms with Gasteiger partial charge in [0, 0.05) is 17.5 Å². The van der Waals surface area contributed by atoms with Gasteiger partial charge in [-0.1, -0.05) is 76.6 Å². The number of hydrogen-bond donors (Lipinski definition) is 1. The third-order valence-electron chi connectivity index (χ3n) is 7.22. The van der Waals surface area contributed by atoms with Crippen LogP contribution in [0.2, 0.25) is 0 Å². The van der Waals surface area contributed by atoms with E-state index in [9.17, 15) is 39.4 Å². The number of nitriles is 2. The first-order valence-electron chi connectivity index (χ1n) is 14.2. The Morgan fingerprint density at radius 2 is 1.10 bits per heavy atom.